The summed E-state index contributed by atoms with van der Waals surface area (Å²) >= 11 is 0. The van der Waals surface area contributed by atoms with Crippen molar-refractivity contribution >= 4 is 52.1 Å². The van der Waals surface area contributed by atoms with Crippen LogP contribution in [0.2, 0.25) is 0 Å². The van der Waals surface area contributed by atoms with Gasteiger partial charge in [0.05, 0.1) is 125 Å². The second-order valence-corrected chi connectivity index (χ2v) is 17.3. The molecule has 70 heavy (non-hydrogen) atoms. The average molecular weight is 943 g/mol. The molecule has 2 aliphatic heterocycles. The highest BCUT2D eigenvalue weighted by atomic mass is 16.5. The van der Waals surface area contributed by atoms with Crippen LogP contribution in [0.15, 0.2) is 84.9 Å². The topological polar surface area (TPSA) is 140 Å². The van der Waals surface area contributed by atoms with Crippen LogP contribution in [0.5, 0.6) is 51.7 Å². The van der Waals surface area contributed by atoms with Gasteiger partial charge in [-0.15, -0.1) is 0 Å². The van der Waals surface area contributed by atoms with Crippen LogP contribution >= 0.6 is 0 Å². The van der Waals surface area contributed by atoms with Gasteiger partial charge in [0.2, 0.25) is 0 Å². The van der Waals surface area contributed by atoms with Crippen molar-refractivity contribution in [1.82, 2.24) is 24.4 Å². The molecule has 7 aromatic rings. The van der Waals surface area contributed by atoms with E-state index in [-0.39, 0.29) is 0 Å². The number of fused-ring (bicyclic) bond motifs is 8. The first-order valence-corrected chi connectivity index (χ1v) is 22.4. The number of H-pyrrole nitrogens is 2. The summed E-state index contributed by atoms with van der Waals surface area (Å²) in [6.07, 6.45) is 8.03. The Hall–Kier alpha value is -8.36. The second-order valence-electron chi connectivity index (χ2n) is 17.3. The molecule has 0 saturated carbocycles. The molecule has 9 rings (SSSR count). The van der Waals surface area contributed by atoms with E-state index in [9.17, 15) is 0 Å². The number of hydrogen-bond donors (Lipinski definition) is 2. The lowest BCUT2D eigenvalue weighted by molar-refractivity contribution is 0.377. The van der Waals surface area contributed by atoms with Crippen molar-refractivity contribution in [2.75, 3.05) is 85.1 Å². The van der Waals surface area contributed by atoms with Gasteiger partial charge < -0.3 is 52.6 Å². The minimum Gasteiger partial charge on any atom is -0.496 e. The molecule has 5 heterocycles. The molecule has 14 nitrogen and oxygen atoms in total. The fourth-order valence-corrected chi connectivity index (χ4v) is 9.13. The summed E-state index contributed by atoms with van der Waals surface area (Å²) in [6, 6.07) is 27.7. The molecular formula is C56H56N5O9+. The Balaban J connectivity index is 1.53. The van der Waals surface area contributed by atoms with E-state index in [0.717, 1.165) is 33.5 Å². The highest BCUT2D eigenvalue weighted by molar-refractivity contribution is 6.03. The van der Waals surface area contributed by atoms with Crippen LogP contribution in [0.4, 0.5) is 5.69 Å². The average Bonchev–Trinajstić information content (AvgIpc) is 4.24. The number of methoxy groups -OCH3 is 9. The maximum atomic E-state index is 6.13. The lowest BCUT2D eigenvalue weighted by Crippen LogP contribution is -2.34. The van der Waals surface area contributed by atoms with Gasteiger partial charge in [-0.25, -0.2) is 9.97 Å². The summed E-state index contributed by atoms with van der Waals surface area (Å²) in [5, 5.41) is 0. The summed E-state index contributed by atoms with van der Waals surface area (Å²) in [7, 11) is 21.0. The predicted molar refractivity (Wildman–Crippen MR) is 279 cm³/mol. The van der Waals surface area contributed by atoms with Crippen LogP contribution < -0.4 is 47.1 Å². The van der Waals surface area contributed by atoms with Gasteiger partial charge in [-0.1, -0.05) is 0 Å². The molecule has 0 atom stereocenters. The van der Waals surface area contributed by atoms with E-state index >= 15 is 0 Å². The molecule has 0 radical (unpaired) electrons. The third-order valence-corrected chi connectivity index (χ3v) is 12.6. The zero-order valence-electron chi connectivity index (χ0n) is 41.4. The quantitative estimate of drug-likeness (QED) is 0.101. The lowest BCUT2D eigenvalue weighted by Gasteiger charge is -2.23. The Kier molecular flexibility index (Phi) is 12.7. The van der Waals surface area contributed by atoms with E-state index in [4.69, 9.17) is 52.6 Å². The van der Waals surface area contributed by atoms with Crippen molar-refractivity contribution in [3.8, 4) is 96.3 Å². The maximum Gasteiger partial charge on any atom is 0.134 e. The highest BCUT2D eigenvalue weighted by Crippen LogP contribution is 2.50. The summed E-state index contributed by atoms with van der Waals surface area (Å²) in [6.45, 7) is 0. The molecule has 0 spiro atoms. The molecule has 3 aromatic heterocycles. The highest BCUT2D eigenvalue weighted by Gasteiger charge is 2.27. The summed E-state index contributed by atoms with van der Waals surface area (Å²) in [5.41, 5.74) is 12.6. The van der Waals surface area contributed by atoms with E-state index < -0.39 is 0 Å². The van der Waals surface area contributed by atoms with Crippen molar-refractivity contribution in [2.45, 2.75) is 0 Å². The van der Waals surface area contributed by atoms with E-state index in [1.807, 2.05) is 78.9 Å². The molecule has 0 unspecified atom stereocenters. The minimum atomic E-state index is 0.501. The maximum absolute atomic E-state index is 6.13. The molecular weight excluding hydrogens is 887 g/mol. The molecule has 0 aliphatic carbocycles. The number of benzene rings is 4. The number of hydrogen-bond acceptors (Lipinski definition) is 11. The van der Waals surface area contributed by atoms with Crippen LogP contribution in [0.3, 0.4) is 0 Å². The Bertz CT molecular complexity index is 3260. The van der Waals surface area contributed by atoms with E-state index in [2.05, 4.69) is 61.4 Å². The summed E-state index contributed by atoms with van der Waals surface area (Å²) in [4.78, 5) is 18.6. The fourth-order valence-electron chi connectivity index (χ4n) is 9.13. The SMILES string of the molecule is COc1cc(OC)c(-c2c3nc(c(-c4c(OC)cc(OC)cc4OC)c4ccc([nH]4)c(-c4c(OC)cc(OC)cc4OC)c4nc(c(-c5ccc([N+](C)(C)C)cc5)c5ccc2[nH]5)C=C4)C=C3)c(OC)c1. The summed E-state index contributed by atoms with van der Waals surface area (Å²) in [5.74, 6) is 4.78. The van der Waals surface area contributed by atoms with Crippen molar-refractivity contribution in [3.05, 3.63) is 108 Å². The number of aromatic nitrogens is 4. The molecule has 8 bridgehead atoms. The third kappa shape index (κ3) is 8.25. The van der Waals surface area contributed by atoms with Gasteiger partial charge in [0, 0.05) is 80.7 Å². The van der Waals surface area contributed by atoms with E-state index in [1.54, 1.807) is 64.0 Å². The van der Waals surface area contributed by atoms with Crippen LogP contribution in [0, 0.1) is 0 Å². The van der Waals surface area contributed by atoms with Crippen LogP contribution in [0.1, 0.15) is 22.8 Å². The van der Waals surface area contributed by atoms with Gasteiger partial charge in [-0.05, 0) is 78.4 Å². The largest absolute Gasteiger partial charge is 0.496 e. The van der Waals surface area contributed by atoms with Gasteiger partial charge in [-0.3, -0.25) is 4.48 Å². The number of ether oxygens (including phenoxy) is 9. The molecule has 2 aliphatic rings. The molecule has 4 aromatic carbocycles. The van der Waals surface area contributed by atoms with Crippen molar-refractivity contribution in [3.63, 3.8) is 0 Å². The smallest absolute Gasteiger partial charge is 0.134 e. The van der Waals surface area contributed by atoms with Gasteiger partial charge >= 0.3 is 0 Å². The first-order chi connectivity index (χ1) is 33.9. The zero-order valence-corrected chi connectivity index (χ0v) is 41.4. The standard InChI is InChI=1S/C56H56N5O9/c1-61(2,3)32-15-13-31(14-16-32)50-36-17-19-38(57-36)51(54-44(65-7)25-33(62-4)26-45(54)66-8)40-21-23-42(59-40)53(56-48(69-11)29-35(64-6)30-49(56)70-12)43-24-22-41(60-43)52(39-20-18-37(50)58-39)55-46(67-9)27-34(63-5)28-47(55)68-10/h13-30,57,60H,1-12H3/q+1. The molecule has 0 fully saturated rings. The van der Waals surface area contributed by atoms with Crippen LogP contribution in [0.25, 0.3) is 90.9 Å². The minimum absolute atomic E-state index is 0.501. The Labute approximate surface area is 406 Å². The Morgan fingerprint density at radius 1 is 0.329 bits per heavy atom. The van der Waals surface area contributed by atoms with Gasteiger partial charge in [-0.2, -0.15) is 0 Å². The van der Waals surface area contributed by atoms with Gasteiger partial charge in [0.25, 0.3) is 0 Å². The zero-order chi connectivity index (χ0) is 49.4. The molecule has 0 saturated heterocycles. The Morgan fingerprint density at radius 3 is 0.857 bits per heavy atom. The first-order valence-electron chi connectivity index (χ1n) is 22.4. The monoisotopic (exact) mass is 942 g/mol. The molecule has 14 heteroatoms. The third-order valence-electron chi connectivity index (χ3n) is 12.6. The van der Waals surface area contributed by atoms with Gasteiger partial charge in [0.15, 0.2) is 0 Å². The number of nitrogens with zero attached hydrogens (tertiary/aromatic N) is 3. The fraction of sp³-hybridized carbons (Fsp3) is 0.214. The molecule has 0 amide bonds. The summed E-state index contributed by atoms with van der Waals surface area (Å²) < 4.78 is 54.6. The predicted octanol–water partition coefficient (Wildman–Crippen LogP) is 11.6. The number of quaternary nitrogens is 1. The number of aromatic amines is 2. The van der Waals surface area contributed by atoms with E-state index in [0.29, 0.717) is 118 Å². The lowest BCUT2D eigenvalue weighted by atomic mass is 10.0. The van der Waals surface area contributed by atoms with Crippen molar-refractivity contribution < 1.29 is 42.6 Å². The van der Waals surface area contributed by atoms with Crippen LogP contribution in [-0.2, 0) is 0 Å². The number of nitrogens with one attached hydrogen (secondary N) is 2. The van der Waals surface area contributed by atoms with Crippen molar-refractivity contribution in [2.24, 2.45) is 0 Å². The van der Waals surface area contributed by atoms with Crippen molar-refractivity contribution in [1.29, 1.82) is 0 Å². The number of rotatable bonds is 14. The van der Waals surface area contributed by atoms with Gasteiger partial charge in [0.1, 0.15) is 57.4 Å². The second kappa shape index (κ2) is 19.0. The first kappa shape index (κ1) is 46.7. The Morgan fingerprint density at radius 2 is 0.600 bits per heavy atom. The normalized spacial score (nSPS) is 11.9. The van der Waals surface area contributed by atoms with Crippen LogP contribution in [-0.4, -0.2) is 105 Å². The molecule has 2 N–H and O–H groups in total. The molecule has 358 valence electrons. The van der Waals surface area contributed by atoms with E-state index in [1.165, 1.54) is 0 Å².